The highest BCUT2D eigenvalue weighted by Crippen LogP contribution is 2.31. The van der Waals surface area contributed by atoms with Crippen LogP contribution in [0.2, 0.25) is 0 Å². The summed E-state index contributed by atoms with van der Waals surface area (Å²) in [4.78, 5) is 12.4. The molecule has 5 atom stereocenters. The Hall–Kier alpha value is -0.610. The van der Waals surface area contributed by atoms with E-state index in [-0.39, 0.29) is 29.5 Å². The molecule has 0 aromatic carbocycles. The van der Waals surface area contributed by atoms with Gasteiger partial charge in [-0.1, -0.05) is 6.92 Å². The Morgan fingerprint density at radius 1 is 1.39 bits per heavy atom. The smallest absolute Gasteiger partial charge is 0.223 e. The minimum absolute atomic E-state index is 0.0679. The number of rotatable bonds is 2. The summed E-state index contributed by atoms with van der Waals surface area (Å²) in [5, 5.41) is 3.21. The third kappa shape index (κ3) is 2.69. The Morgan fingerprint density at radius 2 is 2.11 bits per heavy atom. The molecule has 4 nitrogen and oxygen atoms in total. The van der Waals surface area contributed by atoms with Gasteiger partial charge >= 0.3 is 0 Å². The number of nitrogens with one attached hydrogen (secondary N) is 1. The van der Waals surface area contributed by atoms with E-state index in [4.69, 9.17) is 10.5 Å². The van der Waals surface area contributed by atoms with Crippen LogP contribution in [0.25, 0.3) is 0 Å². The van der Waals surface area contributed by atoms with E-state index in [2.05, 4.69) is 19.2 Å². The van der Waals surface area contributed by atoms with Crippen molar-refractivity contribution in [2.75, 3.05) is 6.61 Å². The van der Waals surface area contributed by atoms with Crippen LogP contribution in [0.4, 0.5) is 0 Å². The van der Waals surface area contributed by atoms with Crippen molar-refractivity contribution in [3.63, 3.8) is 0 Å². The summed E-state index contributed by atoms with van der Waals surface area (Å²) >= 11 is 0. The molecule has 1 aliphatic carbocycles. The molecule has 0 aromatic rings. The summed E-state index contributed by atoms with van der Waals surface area (Å²) in [6.45, 7) is 7.00. The van der Waals surface area contributed by atoms with Crippen LogP contribution < -0.4 is 11.1 Å². The zero-order valence-corrected chi connectivity index (χ0v) is 11.7. The van der Waals surface area contributed by atoms with Gasteiger partial charge in [0.05, 0.1) is 11.6 Å². The predicted octanol–water partition coefficient (Wildman–Crippen LogP) is 1.43. The molecule has 1 saturated carbocycles. The first-order valence-corrected chi connectivity index (χ1v) is 7.11. The summed E-state index contributed by atoms with van der Waals surface area (Å²) < 4.78 is 5.57. The van der Waals surface area contributed by atoms with E-state index < -0.39 is 0 Å². The van der Waals surface area contributed by atoms with Gasteiger partial charge in [0.15, 0.2) is 0 Å². The fourth-order valence-electron chi connectivity index (χ4n) is 3.09. The second-order valence-electron chi connectivity index (χ2n) is 6.33. The van der Waals surface area contributed by atoms with E-state index in [0.717, 1.165) is 32.3 Å². The van der Waals surface area contributed by atoms with Gasteiger partial charge in [-0.3, -0.25) is 4.79 Å². The van der Waals surface area contributed by atoms with Crippen molar-refractivity contribution in [2.45, 2.75) is 64.1 Å². The van der Waals surface area contributed by atoms with E-state index in [0.29, 0.717) is 5.92 Å². The van der Waals surface area contributed by atoms with E-state index in [1.807, 2.05) is 6.92 Å². The fourth-order valence-corrected chi connectivity index (χ4v) is 3.09. The molecule has 4 heteroatoms. The number of hydrogen-bond acceptors (Lipinski definition) is 3. The Balaban J connectivity index is 1.98. The molecule has 18 heavy (non-hydrogen) atoms. The molecule has 5 unspecified atom stereocenters. The van der Waals surface area contributed by atoms with Crippen molar-refractivity contribution < 1.29 is 9.53 Å². The number of nitrogens with two attached hydrogens (primary N) is 1. The lowest BCUT2D eigenvalue weighted by molar-refractivity contribution is -0.130. The van der Waals surface area contributed by atoms with Crippen LogP contribution in [0.15, 0.2) is 0 Å². The molecule has 1 aliphatic heterocycles. The van der Waals surface area contributed by atoms with Crippen LogP contribution >= 0.6 is 0 Å². The first kappa shape index (κ1) is 13.8. The van der Waals surface area contributed by atoms with Gasteiger partial charge in [-0.05, 0) is 45.4 Å². The average molecular weight is 254 g/mol. The first-order chi connectivity index (χ1) is 8.42. The van der Waals surface area contributed by atoms with Gasteiger partial charge in [-0.25, -0.2) is 0 Å². The molecule has 2 fully saturated rings. The van der Waals surface area contributed by atoms with Crippen LogP contribution in [0.3, 0.4) is 0 Å². The summed E-state index contributed by atoms with van der Waals surface area (Å²) in [5.74, 6) is 0.668. The van der Waals surface area contributed by atoms with Crippen molar-refractivity contribution in [1.29, 1.82) is 0 Å². The van der Waals surface area contributed by atoms with Crippen molar-refractivity contribution in [3.8, 4) is 0 Å². The number of ether oxygens (including phenoxy) is 1. The van der Waals surface area contributed by atoms with Crippen LogP contribution in [0.1, 0.15) is 46.5 Å². The van der Waals surface area contributed by atoms with Crippen LogP contribution in [-0.4, -0.2) is 30.2 Å². The molecule has 0 bridgehead atoms. The van der Waals surface area contributed by atoms with Gasteiger partial charge in [0.25, 0.3) is 0 Å². The molecule has 0 spiro atoms. The maximum absolute atomic E-state index is 12.4. The Bertz CT molecular complexity index is 321. The number of hydrogen-bond donors (Lipinski definition) is 2. The van der Waals surface area contributed by atoms with Crippen molar-refractivity contribution >= 4 is 5.91 Å². The molecule has 0 aromatic heterocycles. The topological polar surface area (TPSA) is 64.4 Å². The zero-order valence-electron chi connectivity index (χ0n) is 11.7. The van der Waals surface area contributed by atoms with Crippen molar-refractivity contribution in [1.82, 2.24) is 5.32 Å². The summed E-state index contributed by atoms with van der Waals surface area (Å²) in [6.07, 6.45) is 3.91. The molecule has 104 valence electrons. The van der Waals surface area contributed by atoms with Gasteiger partial charge in [0.1, 0.15) is 0 Å². The van der Waals surface area contributed by atoms with Gasteiger partial charge in [-0.2, -0.15) is 0 Å². The van der Waals surface area contributed by atoms with Crippen LogP contribution in [-0.2, 0) is 9.53 Å². The van der Waals surface area contributed by atoms with E-state index >= 15 is 0 Å². The second-order valence-corrected chi connectivity index (χ2v) is 6.33. The number of carbonyl (C=O) groups excluding carboxylic acids is 1. The highest BCUT2D eigenvalue weighted by atomic mass is 16.5. The Labute approximate surface area is 110 Å². The van der Waals surface area contributed by atoms with Gasteiger partial charge in [0.2, 0.25) is 5.91 Å². The fraction of sp³-hybridized carbons (Fsp3) is 0.929. The molecule has 1 saturated heterocycles. The van der Waals surface area contributed by atoms with Crippen molar-refractivity contribution in [3.05, 3.63) is 0 Å². The molecular formula is C14H26N2O2. The lowest BCUT2D eigenvalue weighted by Gasteiger charge is -2.36. The summed E-state index contributed by atoms with van der Waals surface area (Å²) in [5.41, 5.74) is 5.78. The van der Waals surface area contributed by atoms with E-state index in [1.165, 1.54) is 0 Å². The molecular weight excluding hydrogens is 228 g/mol. The highest BCUT2D eigenvalue weighted by Gasteiger charge is 2.41. The second kappa shape index (κ2) is 5.17. The molecule has 2 rings (SSSR count). The maximum Gasteiger partial charge on any atom is 0.223 e. The third-order valence-electron chi connectivity index (χ3n) is 4.87. The van der Waals surface area contributed by atoms with Crippen LogP contribution in [0, 0.1) is 11.8 Å². The van der Waals surface area contributed by atoms with E-state index in [1.54, 1.807) is 0 Å². The zero-order chi connectivity index (χ0) is 13.3. The lowest BCUT2D eigenvalue weighted by Crippen LogP contribution is -2.54. The SMILES string of the molecule is CC1CCC(N)CC1C(=O)NC1(C)CCOC1C. The molecule has 0 radical (unpaired) electrons. The molecule has 1 heterocycles. The molecule has 2 aliphatic rings. The van der Waals surface area contributed by atoms with Gasteiger partial charge < -0.3 is 15.8 Å². The number of amides is 1. The lowest BCUT2D eigenvalue weighted by atomic mass is 9.77. The molecule has 1 amide bonds. The quantitative estimate of drug-likeness (QED) is 0.783. The Morgan fingerprint density at radius 3 is 2.72 bits per heavy atom. The van der Waals surface area contributed by atoms with E-state index in [9.17, 15) is 4.79 Å². The summed E-state index contributed by atoms with van der Waals surface area (Å²) in [7, 11) is 0. The Kier molecular flexibility index (Phi) is 3.97. The number of carbonyl (C=O) groups is 1. The van der Waals surface area contributed by atoms with Gasteiger partial charge in [0, 0.05) is 18.6 Å². The highest BCUT2D eigenvalue weighted by molar-refractivity contribution is 5.80. The summed E-state index contributed by atoms with van der Waals surface area (Å²) in [6, 6.07) is 0.182. The van der Waals surface area contributed by atoms with Crippen molar-refractivity contribution in [2.24, 2.45) is 17.6 Å². The first-order valence-electron chi connectivity index (χ1n) is 7.11. The van der Waals surface area contributed by atoms with Crippen LogP contribution in [0.5, 0.6) is 0 Å². The predicted molar refractivity (Wildman–Crippen MR) is 71.1 cm³/mol. The van der Waals surface area contributed by atoms with Gasteiger partial charge in [-0.15, -0.1) is 0 Å². The monoisotopic (exact) mass is 254 g/mol. The molecule has 3 N–H and O–H groups in total. The average Bonchev–Trinajstić information content (AvgIpc) is 2.62. The minimum atomic E-state index is -0.210. The standard InChI is InChI=1S/C14H26N2O2/c1-9-4-5-11(15)8-12(9)13(17)16-14(3)6-7-18-10(14)2/h9-12H,4-8,15H2,1-3H3,(H,16,17). The third-order valence-corrected chi connectivity index (χ3v) is 4.87. The largest absolute Gasteiger partial charge is 0.376 e. The maximum atomic E-state index is 12.4. The normalized spacial score (nSPS) is 44.9. The minimum Gasteiger partial charge on any atom is -0.376 e.